The second-order valence-corrected chi connectivity index (χ2v) is 7.09. The Bertz CT molecular complexity index is 907. The van der Waals surface area contributed by atoms with Crippen LogP contribution in [-0.4, -0.2) is 51.9 Å². The third-order valence-corrected chi connectivity index (χ3v) is 4.57. The molecule has 1 aliphatic heterocycles. The predicted octanol–water partition coefficient (Wildman–Crippen LogP) is 0.928. The molecule has 1 fully saturated rings. The summed E-state index contributed by atoms with van der Waals surface area (Å²) in [5.41, 5.74) is -1.39. The van der Waals surface area contributed by atoms with E-state index in [1.165, 1.54) is 33.9 Å². The number of nitrogens with zero attached hydrogens (tertiary/aromatic N) is 1. The summed E-state index contributed by atoms with van der Waals surface area (Å²) in [6.07, 6.45) is -1.99. The maximum absolute atomic E-state index is 12.4. The molecule has 0 saturated carbocycles. The van der Waals surface area contributed by atoms with Crippen molar-refractivity contribution in [1.29, 1.82) is 0 Å². The summed E-state index contributed by atoms with van der Waals surface area (Å²) in [7, 11) is 0. The number of hydrogen-bond acceptors (Lipinski definition) is 9. The topological polar surface area (TPSA) is 126 Å². The Kier molecular flexibility index (Phi) is 6.40. The molecule has 1 aliphatic rings. The van der Waals surface area contributed by atoms with Crippen LogP contribution in [0.5, 0.6) is 0 Å². The molecule has 0 aromatic carbocycles. The van der Waals surface area contributed by atoms with Gasteiger partial charge in [-0.2, -0.15) is 0 Å². The highest BCUT2D eigenvalue weighted by atomic mass is 32.1. The van der Waals surface area contributed by atoms with Gasteiger partial charge in [0.25, 0.3) is 0 Å². The average Bonchev–Trinajstić information content (AvgIpc) is 2.82. The highest BCUT2D eigenvalue weighted by Gasteiger charge is 2.58. The van der Waals surface area contributed by atoms with E-state index in [4.69, 9.17) is 31.2 Å². The molecule has 2 rings (SSSR count). The zero-order valence-electron chi connectivity index (χ0n) is 16.1. The first-order chi connectivity index (χ1) is 12.9. The third kappa shape index (κ3) is 4.65. The lowest BCUT2D eigenvalue weighted by Gasteiger charge is -2.29. The van der Waals surface area contributed by atoms with E-state index in [0.29, 0.717) is 5.56 Å². The van der Waals surface area contributed by atoms with Crippen LogP contribution < -0.4 is 5.69 Å². The second-order valence-electron chi connectivity index (χ2n) is 6.68. The number of esters is 3. The number of ether oxygens (including phenoxy) is 4. The third-order valence-electron chi connectivity index (χ3n) is 4.15. The van der Waals surface area contributed by atoms with Crippen LogP contribution in [0.15, 0.2) is 11.0 Å². The highest BCUT2D eigenvalue weighted by molar-refractivity contribution is 7.71. The van der Waals surface area contributed by atoms with E-state index in [1.54, 1.807) is 6.92 Å². The van der Waals surface area contributed by atoms with Crippen LogP contribution >= 0.6 is 12.2 Å². The molecule has 1 unspecified atom stereocenters. The molecular formula is C17H22N2O8S. The lowest BCUT2D eigenvalue weighted by Crippen LogP contribution is -2.48. The summed E-state index contributed by atoms with van der Waals surface area (Å²) >= 11 is 5.05. The summed E-state index contributed by atoms with van der Waals surface area (Å²) in [5, 5.41) is 0. The predicted molar refractivity (Wildman–Crippen MR) is 96.9 cm³/mol. The van der Waals surface area contributed by atoms with Crippen LogP contribution in [0.1, 0.15) is 39.5 Å². The van der Waals surface area contributed by atoms with Gasteiger partial charge in [-0.15, -0.1) is 0 Å². The van der Waals surface area contributed by atoms with Crippen molar-refractivity contribution in [2.75, 3.05) is 6.61 Å². The van der Waals surface area contributed by atoms with Crippen LogP contribution in [0.3, 0.4) is 0 Å². The zero-order valence-corrected chi connectivity index (χ0v) is 17.0. The van der Waals surface area contributed by atoms with Gasteiger partial charge in [-0.25, -0.2) is 4.79 Å². The summed E-state index contributed by atoms with van der Waals surface area (Å²) in [6.45, 7) is 6.50. The van der Waals surface area contributed by atoms with Crippen molar-refractivity contribution in [3.63, 3.8) is 0 Å². The molecule has 0 bridgehead atoms. The Morgan fingerprint density at radius 2 is 1.82 bits per heavy atom. The number of carbonyl (C=O) groups is 3. The molecule has 1 aromatic rings. The molecule has 2 heterocycles. The van der Waals surface area contributed by atoms with Gasteiger partial charge in [-0.05, 0) is 13.8 Å². The fourth-order valence-corrected chi connectivity index (χ4v) is 3.08. The smallest absolute Gasteiger partial charge is 0.328 e. The molecular weight excluding hydrogens is 392 g/mol. The molecule has 1 aromatic heterocycles. The lowest BCUT2D eigenvalue weighted by atomic mass is 9.97. The normalized spacial score (nSPS) is 26.5. The first-order valence-electron chi connectivity index (χ1n) is 8.42. The molecule has 0 aliphatic carbocycles. The summed E-state index contributed by atoms with van der Waals surface area (Å²) in [6, 6.07) is 0. The van der Waals surface area contributed by atoms with Crippen LogP contribution in [-0.2, 0) is 33.3 Å². The molecule has 154 valence electrons. The molecule has 0 spiro atoms. The van der Waals surface area contributed by atoms with E-state index in [2.05, 4.69) is 4.98 Å². The van der Waals surface area contributed by atoms with Gasteiger partial charge in [0.2, 0.25) is 0 Å². The average molecular weight is 414 g/mol. The van der Waals surface area contributed by atoms with Crippen molar-refractivity contribution in [1.82, 2.24) is 9.55 Å². The maximum Gasteiger partial charge on any atom is 0.328 e. The van der Waals surface area contributed by atoms with Gasteiger partial charge in [0.05, 0.1) is 0 Å². The van der Waals surface area contributed by atoms with Crippen molar-refractivity contribution in [3.8, 4) is 0 Å². The Morgan fingerprint density at radius 1 is 1.21 bits per heavy atom. The molecule has 1 N–H and O–H groups in total. The molecule has 11 heteroatoms. The monoisotopic (exact) mass is 414 g/mol. The number of carbonyl (C=O) groups excluding carboxylic acids is 3. The van der Waals surface area contributed by atoms with Crippen LogP contribution in [0, 0.1) is 11.6 Å². The quantitative estimate of drug-likeness (QED) is 0.425. The van der Waals surface area contributed by atoms with E-state index in [9.17, 15) is 19.2 Å². The standard InChI is InChI=1S/C17H22N2O8S/c1-8-6-19(16(23)18-14(8)28)15-12(25-10(3)21)13(26-11(4)22)17(5,27-15)7-24-9(2)20/h6,12-13,15H,7H2,1-5H3,(H,18,23,28)/t12-,13+,15?,17-/m1/s1. The van der Waals surface area contributed by atoms with Gasteiger partial charge in [-0.3, -0.25) is 23.9 Å². The molecule has 0 amide bonds. The number of H-pyrrole nitrogens is 1. The van der Waals surface area contributed by atoms with Crippen molar-refractivity contribution < 1.29 is 33.3 Å². The zero-order chi connectivity index (χ0) is 21.2. The van der Waals surface area contributed by atoms with Crippen molar-refractivity contribution in [2.24, 2.45) is 0 Å². The SMILES string of the molecule is CC(=O)OC[C@@]1(C)OC(n2cc(C)c(=S)[nH]c2=O)[C@H](OC(C)=O)[C@@H]1OC(C)=O. The number of hydrogen-bond donors (Lipinski definition) is 1. The number of nitrogens with one attached hydrogen (secondary N) is 1. The van der Waals surface area contributed by atoms with Crippen molar-refractivity contribution >= 4 is 30.1 Å². The molecule has 10 nitrogen and oxygen atoms in total. The maximum atomic E-state index is 12.4. The summed E-state index contributed by atoms with van der Waals surface area (Å²) in [4.78, 5) is 49.5. The summed E-state index contributed by atoms with van der Waals surface area (Å²) < 4.78 is 23.1. The van der Waals surface area contributed by atoms with Gasteiger partial charge in [0.1, 0.15) is 16.8 Å². The second kappa shape index (κ2) is 8.23. The fraction of sp³-hybridized carbons (Fsp3) is 0.588. The van der Waals surface area contributed by atoms with Crippen molar-refractivity contribution in [2.45, 2.75) is 58.7 Å². The largest absolute Gasteiger partial charge is 0.463 e. The first kappa shape index (κ1) is 21.8. The van der Waals surface area contributed by atoms with Gasteiger partial charge in [-0.1, -0.05) is 12.2 Å². The van der Waals surface area contributed by atoms with Crippen molar-refractivity contribution in [3.05, 3.63) is 26.9 Å². The van der Waals surface area contributed by atoms with E-state index in [0.717, 1.165) is 4.57 Å². The Hall–Kier alpha value is -2.53. The minimum atomic E-state index is -1.37. The molecule has 4 atom stereocenters. The Balaban J connectivity index is 2.56. The number of aromatic nitrogens is 2. The van der Waals surface area contributed by atoms with Gasteiger partial charge in [0.15, 0.2) is 18.4 Å². The first-order valence-corrected chi connectivity index (χ1v) is 8.83. The van der Waals surface area contributed by atoms with Crippen LogP contribution in [0.2, 0.25) is 0 Å². The van der Waals surface area contributed by atoms with Gasteiger partial charge >= 0.3 is 23.6 Å². The van der Waals surface area contributed by atoms with E-state index < -0.39 is 47.6 Å². The fourth-order valence-electron chi connectivity index (χ4n) is 2.94. The number of aromatic amines is 1. The Labute approximate surface area is 165 Å². The number of rotatable bonds is 5. The number of aryl methyl sites for hydroxylation is 1. The summed E-state index contributed by atoms with van der Waals surface area (Å²) in [5.74, 6) is -1.90. The molecule has 28 heavy (non-hydrogen) atoms. The Morgan fingerprint density at radius 3 is 2.36 bits per heavy atom. The van der Waals surface area contributed by atoms with Crippen LogP contribution in [0.4, 0.5) is 0 Å². The van der Waals surface area contributed by atoms with Gasteiger partial charge in [0, 0.05) is 32.5 Å². The molecule has 0 radical (unpaired) electrons. The van der Waals surface area contributed by atoms with E-state index in [1.807, 2.05) is 0 Å². The van der Waals surface area contributed by atoms with E-state index in [-0.39, 0.29) is 11.2 Å². The van der Waals surface area contributed by atoms with E-state index >= 15 is 0 Å². The lowest BCUT2D eigenvalue weighted by molar-refractivity contribution is -0.174. The molecule has 1 saturated heterocycles. The minimum absolute atomic E-state index is 0.252. The van der Waals surface area contributed by atoms with Gasteiger partial charge < -0.3 is 18.9 Å². The van der Waals surface area contributed by atoms with Crippen LogP contribution in [0.25, 0.3) is 0 Å². The minimum Gasteiger partial charge on any atom is -0.463 e. The highest BCUT2D eigenvalue weighted by Crippen LogP contribution is 2.40.